The minimum absolute atomic E-state index is 0.496. The SMILES string of the molecule is NNc1ncc(COc2cccc(Br)c2)s1. The molecule has 0 saturated carbocycles. The van der Waals surface area contributed by atoms with E-state index in [0.29, 0.717) is 11.7 Å². The molecule has 0 aliphatic heterocycles. The number of hydrazine groups is 1. The number of nitrogens with two attached hydrogens (primary N) is 1. The Bertz CT molecular complexity index is 475. The Labute approximate surface area is 106 Å². The Hall–Kier alpha value is -1.11. The largest absolute Gasteiger partial charge is 0.488 e. The molecule has 2 rings (SSSR count). The molecule has 0 amide bonds. The van der Waals surface area contributed by atoms with Gasteiger partial charge in [-0.25, -0.2) is 10.8 Å². The second-order valence-electron chi connectivity index (χ2n) is 3.02. The van der Waals surface area contributed by atoms with Crippen molar-refractivity contribution in [2.45, 2.75) is 6.61 Å². The van der Waals surface area contributed by atoms with Crippen LogP contribution >= 0.6 is 27.3 Å². The molecule has 0 fully saturated rings. The minimum Gasteiger partial charge on any atom is -0.488 e. The fraction of sp³-hybridized carbons (Fsp3) is 0.100. The van der Waals surface area contributed by atoms with Crippen LogP contribution in [-0.2, 0) is 6.61 Å². The van der Waals surface area contributed by atoms with Gasteiger partial charge in [-0.1, -0.05) is 33.3 Å². The van der Waals surface area contributed by atoms with Gasteiger partial charge in [0.1, 0.15) is 12.4 Å². The summed E-state index contributed by atoms with van der Waals surface area (Å²) < 4.78 is 6.60. The predicted molar refractivity (Wildman–Crippen MR) is 68.4 cm³/mol. The Morgan fingerprint density at radius 3 is 3.06 bits per heavy atom. The molecule has 0 saturated heterocycles. The van der Waals surface area contributed by atoms with Crippen LogP contribution in [0.1, 0.15) is 4.88 Å². The van der Waals surface area contributed by atoms with Crippen molar-refractivity contribution in [3.63, 3.8) is 0 Å². The Morgan fingerprint density at radius 2 is 2.38 bits per heavy atom. The van der Waals surface area contributed by atoms with E-state index >= 15 is 0 Å². The number of hydrogen-bond donors (Lipinski definition) is 2. The van der Waals surface area contributed by atoms with Crippen molar-refractivity contribution in [1.82, 2.24) is 4.98 Å². The number of hydrogen-bond acceptors (Lipinski definition) is 5. The zero-order valence-corrected chi connectivity index (χ0v) is 10.7. The molecule has 6 heteroatoms. The van der Waals surface area contributed by atoms with Gasteiger partial charge in [0.15, 0.2) is 5.13 Å². The van der Waals surface area contributed by atoms with Crippen LogP contribution in [-0.4, -0.2) is 4.98 Å². The Kier molecular flexibility index (Phi) is 3.76. The number of nitrogens with one attached hydrogen (secondary N) is 1. The summed E-state index contributed by atoms with van der Waals surface area (Å²) in [5.74, 6) is 6.07. The molecule has 1 heterocycles. The summed E-state index contributed by atoms with van der Waals surface area (Å²) >= 11 is 4.86. The second-order valence-corrected chi connectivity index (χ2v) is 5.05. The first-order valence-electron chi connectivity index (χ1n) is 4.57. The van der Waals surface area contributed by atoms with Crippen LogP contribution in [0.2, 0.25) is 0 Å². The third kappa shape index (κ3) is 2.94. The van der Waals surface area contributed by atoms with Gasteiger partial charge in [0.25, 0.3) is 0 Å². The predicted octanol–water partition coefficient (Wildman–Crippen LogP) is 2.77. The topological polar surface area (TPSA) is 60.2 Å². The first kappa shape index (κ1) is 11.4. The van der Waals surface area contributed by atoms with Gasteiger partial charge in [0.2, 0.25) is 0 Å². The second kappa shape index (κ2) is 5.29. The third-order valence-electron chi connectivity index (χ3n) is 1.85. The van der Waals surface area contributed by atoms with Gasteiger partial charge in [-0.3, -0.25) is 5.43 Å². The van der Waals surface area contributed by atoms with E-state index in [1.54, 1.807) is 6.20 Å². The maximum atomic E-state index is 5.60. The first-order valence-corrected chi connectivity index (χ1v) is 6.18. The van der Waals surface area contributed by atoms with Crippen molar-refractivity contribution in [2.24, 2.45) is 5.84 Å². The lowest BCUT2D eigenvalue weighted by atomic mass is 10.3. The van der Waals surface area contributed by atoms with Gasteiger partial charge >= 0.3 is 0 Å². The number of nitrogens with zero attached hydrogens (tertiary/aromatic N) is 1. The molecule has 0 atom stereocenters. The standard InChI is InChI=1S/C10H10BrN3OS/c11-7-2-1-3-8(4-7)15-6-9-5-13-10(14-12)16-9/h1-5H,6,12H2,(H,13,14). The van der Waals surface area contributed by atoms with Crippen LogP contribution in [0.25, 0.3) is 0 Å². The van der Waals surface area contributed by atoms with Crippen molar-refractivity contribution < 1.29 is 4.74 Å². The summed E-state index contributed by atoms with van der Waals surface area (Å²) in [5.41, 5.74) is 2.50. The zero-order valence-electron chi connectivity index (χ0n) is 8.31. The molecular formula is C10H10BrN3OS. The van der Waals surface area contributed by atoms with Gasteiger partial charge in [0, 0.05) is 10.7 Å². The molecule has 4 nitrogen and oxygen atoms in total. The zero-order chi connectivity index (χ0) is 11.4. The normalized spacial score (nSPS) is 10.1. The molecule has 0 unspecified atom stereocenters. The summed E-state index contributed by atoms with van der Waals surface area (Å²) in [5, 5.41) is 0.688. The van der Waals surface area contributed by atoms with Crippen LogP contribution in [0, 0.1) is 0 Å². The third-order valence-corrected chi connectivity index (χ3v) is 3.25. The highest BCUT2D eigenvalue weighted by Gasteiger charge is 2.01. The molecule has 0 spiro atoms. The summed E-state index contributed by atoms with van der Waals surface area (Å²) in [6.07, 6.45) is 1.75. The molecule has 0 bridgehead atoms. The molecule has 1 aromatic carbocycles. The number of halogens is 1. The van der Waals surface area contributed by atoms with Crippen molar-refractivity contribution in [3.8, 4) is 5.75 Å². The fourth-order valence-corrected chi connectivity index (χ4v) is 2.17. The van der Waals surface area contributed by atoms with Crippen LogP contribution in [0.15, 0.2) is 34.9 Å². The van der Waals surface area contributed by atoms with E-state index in [0.717, 1.165) is 15.1 Å². The van der Waals surface area contributed by atoms with Gasteiger partial charge in [-0.05, 0) is 18.2 Å². The number of ether oxygens (including phenoxy) is 1. The van der Waals surface area contributed by atoms with Gasteiger partial charge in [-0.2, -0.15) is 0 Å². The lowest BCUT2D eigenvalue weighted by Gasteiger charge is -2.03. The van der Waals surface area contributed by atoms with Crippen molar-refractivity contribution in [3.05, 3.63) is 39.8 Å². The number of rotatable bonds is 4. The highest BCUT2D eigenvalue weighted by atomic mass is 79.9. The molecular weight excluding hydrogens is 290 g/mol. The van der Waals surface area contributed by atoms with Gasteiger partial charge < -0.3 is 4.74 Å². The van der Waals surface area contributed by atoms with Crippen LogP contribution in [0.3, 0.4) is 0 Å². The lowest BCUT2D eigenvalue weighted by molar-refractivity contribution is 0.309. The quantitative estimate of drug-likeness (QED) is 0.673. The Morgan fingerprint density at radius 1 is 1.50 bits per heavy atom. The number of thiazole rings is 1. The van der Waals surface area contributed by atoms with E-state index in [1.807, 2.05) is 24.3 Å². The number of aromatic nitrogens is 1. The molecule has 2 aromatic rings. The number of benzene rings is 1. The van der Waals surface area contributed by atoms with Crippen LogP contribution in [0.4, 0.5) is 5.13 Å². The van der Waals surface area contributed by atoms with Crippen molar-refractivity contribution in [2.75, 3.05) is 5.43 Å². The highest BCUT2D eigenvalue weighted by molar-refractivity contribution is 9.10. The summed E-state index contributed by atoms with van der Waals surface area (Å²) in [4.78, 5) is 5.08. The molecule has 3 N–H and O–H groups in total. The van der Waals surface area contributed by atoms with Gasteiger partial charge in [-0.15, -0.1) is 0 Å². The molecule has 0 aliphatic carbocycles. The van der Waals surface area contributed by atoms with Gasteiger partial charge in [0.05, 0.1) is 4.88 Å². The smallest absolute Gasteiger partial charge is 0.197 e. The monoisotopic (exact) mass is 299 g/mol. The van der Waals surface area contributed by atoms with E-state index in [4.69, 9.17) is 10.6 Å². The summed E-state index contributed by atoms with van der Waals surface area (Å²) in [6, 6.07) is 7.71. The van der Waals surface area contributed by atoms with E-state index in [9.17, 15) is 0 Å². The minimum atomic E-state index is 0.496. The number of anilines is 1. The molecule has 84 valence electrons. The summed E-state index contributed by atoms with van der Waals surface area (Å²) in [7, 11) is 0. The van der Waals surface area contributed by atoms with Crippen LogP contribution in [0.5, 0.6) is 5.75 Å². The molecule has 16 heavy (non-hydrogen) atoms. The lowest BCUT2D eigenvalue weighted by Crippen LogP contribution is -2.05. The summed E-state index contributed by atoms with van der Waals surface area (Å²) in [6.45, 7) is 0.496. The van der Waals surface area contributed by atoms with E-state index in [-0.39, 0.29) is 0 Å². The van der Waals surface area contributed by atoms with Crippen molar-refractivity contribution >= 4 is 32.4 Å². The highest BCUT2D eigenvalue weighted by Crippen LogP contribution is 2.21. The molecule has 0 aliphatic rings. The Balaban J connectivity index is 1.96. The van der Waals surface area contributed by atoms with E-state index < -0.39 is 0 Å². The maximum absolute atomic E-state index is 5.60. The van der Waals surface area contributed by atoms with Crippen LogP contribution < -0.4 is 16.0 Å². The average molecular weight is 300 g/mol. The fourth-order valence-electron chi connectivity index (χ4n) is 1.15. The van der Waals surface area contributed by atoms with Crippen molar-refractivity contribution in [1.29, 1.82) is 0 Å². The average Bonchev–Trinajstić information content (AvgIpc) is 2.74. The number of nitrogen functional groups attached to an aromatic ring is 1. The first-order chi connectivity index (χ1) is 7.78. The molecule has 1 aromatic heterocycles. The van der Waals surface area contributed by atoms with E-state index in [1.165, 1.54) is 11.3 Å². The molecule has 0 radical (unpaired) electrons. The maximum Gasteiger partial charge on any atom is 0.197 e. The van der Waals surface area contributed by atoms with E-state index in [2.05, 4.69) is 26.3 Å².